The number of carboxylic acids is 1. The summed E-state index contributed by atoms with van der Waals surface area (Å²) in [7, 11) is 0. The summed E-state index contributed by atoms with van der Waals surface area (Å²) >= 11 is 0. The number of esters is 1. The van der Waals surface area contributed by atoms with Gasteiger partial charge in [0.05, 0.1) is 12.2 Å². The predicted octanol–water partition coefficient (Wildman–Crippen LogP) is 4.02. The van der Waals surface area contributed by atoms with Gasteiger partial charge in [-0.15, -0.1) is 0 Å². The van der Waals surface area contributed by atoms with Crippen LogP contribution in [0, 0.1) is 46.3 Å². The van der Waals surface area contributed by atoms with Crippen molar-refractivity contribution in [3.8, 4) is 0 Å². The molecule has 4 rings (SSSR count). The molecule has 32 heavy (non-hydrogen) atoms. The van der Waals surface area contributed by atoms with E-state index < -0.39 is 12.1 Å². The van der Waals surface area contributed by atoms with Gasteiger partial charge in [-0.3, -0.25) is 9.59 Å². The fraction of sp³-hybridized carbons (Fsp3) is 0.923. The molecule has 4 aliphatic rings. The minimum atomic E-state index is -0.758. The van der Waals surface area contributed by atoms with Crippen LogP contribution in [0.1, 0.15) is 85.5 Å². The monoisotopic (exact) mass is 450 g/mol. The summed E-state index contributed by atoms with van der Waals surface area (Å²) in [6.07, 6.45) is 6.05. The van der Waals surface area contributed by atoms with Gasteiger partial charge in [0.15, 0.2) is 0 Å². The van der Waals surface area contributed by atoms with Gasteiger partial charge < -0.3 is 20.1 Å². The topological polar surface area (TPSA) is 104 Å². The largest absolute Gasteiger partial charge is 0.481 e. The zero-order valence-corrected chi connectivity index (χ0v) is 20.1. The van der Waals surface area contributed by atoms with Crippen LogP contribution in [0.15, 0.2) is 0 Å². The Morgan fingerprint density at radius 2 is 1.78 bits per heavy atom. The van der Waals surface area contributed by atoms with Crippen LogP contribution in [0.25, 0.3) is 0 Å². The first-order chi connectivity index (χ1) is 15.0. The zero-order valence-electron chi connectivity index (χ0n) is 20.1. The van der Waals surface area contributed by atoms with E-state index in [1.54, 1.807) is 0 Å². The Morgan fingerprint density at radius 3 is 2.44 bits per heavy atom. The normalized spacial score (nSPS) is 48.8. The SMILES string of the molecule is CC(=O)O[C@@H]1CC[C@@]2(C)[C@@H](C1)C[C@@H](O)[C@@H]1[C@@H]2C[C@H](O)[C@]2(C)[C@@H]([C@H](C)CCC(=O)O)CC[C@@H]12. The summed E-state index contributed by atoms with van der Waals surface area (Å²) in [4.78, 5) is 22.6. The van der Waals surface area contributed by atoms with Crippen LogP contribution in [0.3, 0.4) is 0 Å². The molecule has 4 aliphatic carbocycles. The minimum absolute atomic E-state index is 0.0515. The number of ether oxygens (including phenoxy) is 1. The van der Waals surface area contributed by atoms with Crippen LogP contribution < -0.4 is 0 Å². The Bertz CT molecular complexity index is 738. The van der Waals surface area contributed by atoms with Crippen molar-refractivity contribution in [1.82, 2.24) is 0 Å². The first kappa shape index (κ1) is 24.0. The lowest BCUT2D eigenvalue weighted by molar-refractivity contribution is -0.209. The number of hydrogen-bond donors (Lipinski definition) is 3. The number of carbonyl (C=O) groups excluding carboxylic acids is 1. The number of aliphatic hydroxyl groups excluding tert-OH is 2. The van der Waals surface area contributed by atoms with E-state index in [1.807, 2.05) is 0 Å². The van der Waals surface area contributed by atoms with Crippen molar-refractivity contribution in [3.05, 3.63) is 0 Å². The van der Waals surface area contributed by atoms with Crippen LogP contribution in [0.5, 0.6) is 0 Å². The second-order valence-electron chi connectivity index (χ2n) is 12.0. The zero-order chi connectivity index (χ0) is 23.4. The van der Waals surface area contributed by atoms with Gasteiger partial charge in [-0.1, -0.05) is 20.8 Å². The Morgan fingerprint density at radius 1 is 1.06 bits per heavy atom. The lowest BCUT2D eigenvalue weighted by Crippen LogP contribution is -2.62. The molecule has 0 spiro atoms. The van der Waals surface area contributed by atoms with Crippen molar-refractivity contribution in [3.63, 3.8) is 0 Å². The Kier molecular flexibility index (Phi) is 6.43. The van der Waals surface area contributed by atoms with E-state index in [-0.39, 0.29) is 59.1 Å². The predicted molar refractivity (Wildman–Crippen MR) is 120 cm³/mol. The molecule has 182 valence electrons. The summed E-state index contributed by atoms with van der Waals surface area (Å²) in [6.45, 7) is 8.17. The summed E-state index contributed by atoms with van der Waals surface area (Å²) in [5.41, 5.74) is -0.214. The molecule has 4 saturated carbocycles. The molecule has 0 unspecified atom stereocenters. The molecule has 0 radical (unpaired) electrons. The lowest BCUT2D eigenvalue weighted by atomic mass is 9.43. The highest BCUT2D eigenvalue weighted by Gasteiger charge is 2.65. The molecule has 3 N–H and O–H groups in total. The third-order valence-electron chi connectivity index (χ3n) is 10.6. The van der Waals surface area contributed by atoms with Crippen LogP contribution >= 0.6 is 0 Å². The van der Waals surface area contributed by atoms with E-state index in [9.17, 15) is 19.8 Å². The first-order valence-electron chi connectivity index (χ1n) is 12.7. The highest BCUT2D eigenvalue weighted by atomic mass is 16.5. The highest BCUT2D eigenvalue weighted by Crippen LogP contribution is 2.68. The van der Waals surface area contributed by atoms with Gasteiger partial charge >= 0.3 is 11.9 Å². The maximum Gasteiger partial charge on any atom is 0.303 e. The van der Waals surface area contributed by atoms with Gasteiger partial charge in [0.25, 0.3) is 0 Å². The van der Waals surface area contributed by atoms with E-state index in [1.165, 1.54) is 6.92 Å². The Labute approximate surface area is 192 Å². The molecule has 0 aromatic heterocycles. The molecule has 11 atom stereocenters. The average molecular weight is 451 g/mol. The fourth-order valence-electron chi connectivity index (χ4n) is 9.01. The van der Waals surface area contributed by atoms with E-state index in [2.05, 4.69) is 20.8 Å². The third kappa shape index (κ3) is 3.79. The van der Waals surface area contributed by atoms with Gasteiger partial charge in [-0.2, -0.15) is 0 Å². The molecule has 0 saturated heterocycles. The summed E-state index contributed by atoms with van der Waals surface area (Å²) < 4.78 is 5.53. The van der Waals surface area contributed by atoms with Gasteiger partial charge in [-0.25, -0.2) is 0 Å². The average Bonchev–Trinajstić information content (AvgIpc) is 3.06. The molecule has 6 heteroatoms. The van der Waals surface area contributed by atoms with E-state index in [4.69, 9.17) is 9.84 Å². The van der Waals surface area contributed by atoms with Crippen LogP contribution in [0.2, 0.25) is 0 Å². The molecule has 0 aliphatic heterocycles. The molecule has 0 bridgehead atoms. The van der Waals surface area contributed by atoms with E-state index in [0.717, 1.165) is 38.5 Å². The van der Waals surface area contributed by atoms with Crippen molar-refractivity contribution in [1.29, 1.82) is 0 Å². The van der Waals surface area contributed by atoms with Gasteiger partial charge in [0, 0.05) is 13.3 Å². The summed E-state index contributed by atoms with van der Waals surface area (Å²) in [5, 5.41) is 32.1. The summed E-state index contributed by atoms with van der Waals surface area (Å²) in [5.74, 6) is 0.586. The second-order valence-corrected chi connectivity index (χ2v) is 12.0. The number of rotatable bonds is 5. The van der Waals surface area contributed by atoms with Crippen LogP contribution in [0.4, 0.5) is 0 Å². The standard InChI is InChI=1S/C26H42O6/c1-14(5-8-23(30)31)18-6-7-19-24-20(13-22(29)26(18,19)4)25(3)10-9-17(32-15(2)27)11-16(25)12-21(24)28/h14,16-22,24,28-29H,5-13H2,1-4H3,(H,30,31)/t14-,16+,17-,18-,19+,20+,21-,22+,24+,25+,26-/m1/s1. The number of carbonyl (C=O) groups is 2. The van der Waals surface area contributed by atoms with Gasteiger partial charge in [0.2, 0.25) is 0 Å². The highest BCUT2D eigenvalue weighted by molar-refractivity contribution is 5.66. The minimum Gasteiger partial charge on any atom is -0.481 e. The number of hydrogen-bond acceptors (Lipinski definition) is 5. The van der Waals surface area contributed by atoms with Crippen molar-refractivity contribution >= 4 is 11.9 Å². The molecule has 6 nitrogen and oxygen atoms in total. The smallest absolute Gasteiger partial charge is 0.303 e. The third-order valence-corrected chi connectivity index (χ3v) is 10.6. The Balaban J connectivity index is 1.56. The molecule has 0 amide bonds. The van der Waals surface area contributed by atoms with E-state index >= 15 is 0 Å². The lowest BCUT2D eigenvalue weighted by Gasteiger charge is -2.63. The quantitative estimate of drug-likeness (QED) is 0.547. The molecule has 0 aromatic carbocycles. The number of carboxylic acid groups (broad SMARTS) is 1. The van der Waals surface area contributed by atoms with Crippen molar-refractivity contribution in [2.75, 3.05) is 0 Å². The summed E-state index contributed by atoms with van der Waals surface area (Å²) in [6, 6.07) is 0. The van der Waals surface area contributed by atoms with Crippen LogP contribution in [-0.4, -0.2) is 45.6 Å². The molecule has 4 fully saturated rings. The fourth-order valence-corrected chi connectivity index (χ4v) is 9.01. The molecule has 0 heterocycles. The maximum atomic E-state index is 11.6. The molecular weight excluding hydrogens is 408 g/mol. The van der Waals surface area contributed by atoms with Crippen molar-refractivity contribution in [2.24, 2.45) is 46.3 Å². The van der Waals surface area contributed by atoms with Crippen molar-refractivity contribution in [2.45, 2.75) is 104 Å². The molecule has 0 aromatic rings. The number of fused-ring (bicyclic) bond motifs is 5. The molecular formula is C26H42O6. The number of aliphatic carboxylic acids is 1. The second kappa shape index (κ2) is 8.57. The van der Waals surface area contributed by atoms with Crippen molar-refractivity contribution < 1.29 is 29.6 Å². The maximum absolute atomic E-state index is 11.6. The van der Waals surface area contributed by atoms with Crippen LogP contribution in [-0.2, 0) is 14.3 Å². The number of aliphatic hydroxyl groups is 2. The van der Waals surface area contributed by atoms with E-state index in [0.29, 0.717) is 24.7 Å². The van der Waals surface area contributed by atoms with Gasteiger partial charge in [0.1, 0.15) is 6.10 Å². The van der Waals surface area contributed by atoms with Gasteiger partial charge in [-0.05, 0) is 97.7 Å². The first-order valence-corrected chi connectivity index (χ1v) is 12.7. The Hall–Kier alpha value is -1.14.